The van der Waals surface area contributed by atoms with Crippen molar-refractivity contribution < 1.29 is 14.3 Å². The van der Waals surface area contributed by atoms with Crippen LogP contribution in [0.1, 0.15) is 26.7 Å². The van der Waals surface area contributed by atoms with Gasteiger partial charge in [-0.3, -0.25) is 9.69 Å². The molecule has 0 fully saturated rings. The van der Waals surface area contributed by atoms with Gasteiger partial charge in [-0.15, -0.1) is 6.58 Å². The Morgan fingerprint density at radius 2 is 2.05 bits per heavy atom. The average Bonchev–Trinajstić information content (AvgIpc) is 2.46. The van der Waals surface area contributed by atoms with E-state index in [1.165, 1.54) is 24.3 Å². The molecular formula is C17H25FN2O2. The zero-order valence-electron chi connectivity index (χ0n) is 13.3. The molecule has 0 aliphatic carbocycles. The molecule has 0 aliphatic rings. The SMILES string of the molecule is C=CCCC(O)CN(CC(=O)Nc1ccc(F)cc1)C(C)C. The molecule has 1 unspecified atom stereocenters. The van der Waals surface area contributed by atoms with Crippen LogP contribution in [0.15, 0.2) is 36.9 Å². The summed E-state index contributed by atoms with van der Waals surface area (Å²) in [6, 6.07) is 5.78. The van der Waals surface area contributed by atoms with Crippen molar-refractivity contribution in [1.29, 1.82) is 0 Å². The Balaban J connectivity index is 2.52. The fourth-order valence-corrected chi connectivity index (χ4v) is 2.05. The molecule has 0 radical (unpaired) electrons. The summed E-state index contributed by atoms with van der Waals surface area (Å²) in [5, 5.41) is 12.7. The van der Waals surface area contributed by atoms with Crippen molar-refractivity contribution in [2.45, 2.75) is 38.8 Å². The number of rotatable bonds is 9. The molecule has 2 N–H and O–H groups in total. The molecular weight excluding hydrogens is 283 g/mol. The van der Waals surface area contributed by atoms with Gasteiger partial charge in [-0.25, -0.2) is 4.39 Å². The molecule has 0 aliphatic heterocycles. The summed E-state index contributed by atoms with van der Waals surface area (Å²) in [6.07, 6.45) is 2.66. The van der Waals surface area contributed by atoms with Crippen molar-refractivity contribution in [1.82, 2.24) is 4.90 Å². The van der Waals surface area contributed by atoms with Crippen LogP contribution in [0.3, 0.4) is 0 Å². The van der Waals surface area contributed by atoms with Gasteiger partial charge in [0, 0.05) is 18.3 Å². The van der Waals surface area contributed by atoms with Crippen molar-refractivity contribution in [3.8, 4) is 0 Å². The van der Waals surface area contributed by atoms with E-state index in [1.54, 1.807) is 6.08 Å². The molecule has 1 amide bonds. The number of aliphatic hydroxyl groups excluding tert-OH is 1. The Hall–Kier alpha value is -1.72. The Kier molecular flexibility index (Phi) is 7.77. The largest absolute Gasteiger partial charge is 0.392 e. The first kappa shape index (κ1) is 18.3. The van der Waals surface area contributed by atoms with Gasteiger partial charge >= 0.3 is 0 Å². The average molecular weight is 308 g/mol. The molecule has 1 rings (SSSR count). The van der Waals surface area contributed by atoms with Gasteiger partial charge in [-0.2, -0.15) is 0 Å². The van der Waals surface area contributed by atoms with Crippen LogP contribution in [-0.2, 0) is 4.79 Å². The number of halogens is 1. The third-order valence-electron chi connectivity index (χ3n) is 3.35. The molecule has 0 saturated heterocycles. The fourth-order valence-electron chi connectivity index (χ4n) is 2.05. The monoisotopic (exact) mass is 308 g/mol. The topological polar surface area (TPSA) is 52.6 Å². The van der Waals surface area contributed by atoms with E-state index in [4.69, 9.17) is 0 Å². The molecule has 4 nitrogen and oxygen atoms in total. The highest BCUT2D eigenvalue weighted by Crippen LogP contribution is 2.09. The van der Waals surface area contributed by atoms with Gasteiger partial charge in [0.2, 0.25) is 5.91 Å². The maximum absolute atomic E-state index is 12.8. The smallest absolute Gasteiger partial charge is 0.238 e. The molecule has 0 bridgehead atoms. The van der Waals surface area contributed by atoms with Gasteiger partial charge in [-0.1, -0.05) is 6.08 Å². The first-order valence-electron chi connectivity index (χ1n) is 7.50. The molecule has 0 spiro atoms. The first-order valence-corrected chi connectivity index (χ1v) is 7.50. The van der Waals surface area contributed by atoms with Crippen LogP contribution < -0.4 is 5.32 Å². The minimum atomic E-state index is -0.487. The highest BCUT2D eigenvalue weighted by molar-refractivity contribution is 5.92. The number of aliphatic hydroxyl groups is 1. The summed E-state index contributed by atoms with van der Waals surface area (Å²) in [4.78, 5) is 14.0. The summed E-state index contributed by atoms with van der Waals surface area (Å²) in [5.74, 6) is -0.525. The van der Waals surface area contributed by atoms with Crippen LogP contribution in [0.25, 0.3) is 0 Å². The second-order valence-electron chi connectivity index (χ2n) is 5.60. The van der Waals surface area contributed by atoms with Crippen molar-refractivity contribution in [2.24, 2.45) is 0 Å². The van der Waals surface area contributed by atoms with Crippen molar-refractivity contribution >= 4 is 11.6 Å². The van der Waals surface area contributed by atoms with Crippen LogP contribution in [-0.4, -0.2) is 41.1 Å². The Morgan fingerprint density at radius 1 is 1.41 bits per heavy atom. The molecule has 1 aromatic carbocycles. The zero-order chi connectivity index (χ0) is 16.5. The van der Waals surface area contributed by atoms with E-state index in [9.17, 15) is 14.3 Å². The van der Waals surface area contributed by atoms with E-state index >= 15 is 0 Å². The maximum Gasteiger partial charge on any atom is 0.238 e. The number of carbonyl (C=O) groups excluding carboxylic acids is 1. The number of hydrogen-bond acceptors (Lipinski definition) is 3. The number of nitrogens with one attached hydrogen (secondary N) is 1. The van der Waals surface area contributed by atoms with Gasteiger partial charge in [0.1, 0.15) is 5.82 Å². The maximum atomic E-state index is 12.8. The van der Waals surface area contributed by atoms with Gasteiger partial charge in [0.05, 0.1) is 12.6 Å². The van der Waals surface area contributed by atoms with Gasteiger partial charge in [0.25, 0.3) is 0 Å². The highest BCUT2D eigenvalue weighted by Gasteiger charge is 2.17. The van der Waals surface area contributed by atoms with Gasteiger partial charge in [-0.05, 0) is 51.0 Å². The predicted octanol–water partition coefficient (Wildman–Crippen LogP) is 2.80. The van der Waals surface area contributed by atoms with E-state index in [-0.39, 0.29) is 24.3 Å². The summed E-state index contributed by atoms with van der Waals surface area (Å²) in [7, 11) is 0. The van der Waals surface area contributed by atoms with E-state index in [0.29, 0.717) is 18.7 Å². The zero-order valence-corrected chi connectivity index (χ0v) is 13.3. The van der Waals surface area contributed by atoms with Crippen LogP contribution in [0, 0.1) is 5.82 Å². The number of nitrogens with zero attached hydrogens (tertiary/aromatic N) is 1. The third kappa shape index (κ3) is 6.83. The number of carbonyl (C=O) groups is 1. The lowest BCUT2D eigenvalue weighted by atomic mass is 10.1. The van der Waals surface area contributed by atoms with Crippen molar-refractivity contribution in [3.05, 3.63) is 42.7 Å². The fraction of sp³-hybridized carbons (Fsp3) is 0.471. The molecule has 0 heterocycles. The summed E-state index contributed by atoms with van der Waals surface area (Å²) in [6.45, 7) is 8.20. The molecule has 122 valence electrons. The lowest BCUT2D eigenvalue weighted by Gasteiger charge is -2.28. The molecule has 5 heteroatoms. The van der Waals surface area contributed by atoms with E-state index < -0.39 is 6.10 Å². The van der Waals surface area contributed by atoms with Crippen LogP contribution in [0.4, 0.5) is 10.1 Å². The minimum absolute atomic E-state index is 0.136. The standard InChI is InChI=1S/C17H25FN2O2/c1-4-5-6-16(21)11-20(13(2)3)12-17(22)19-15-9-7-14(18)8-10-15/h4,7-10,13,16,21H,1,5-6,11-12H2,2-3H3,(H,19,22). The predicted molar refractivity (Wildman–Crippen MR) is 87.2 cm³/mol. The third-order valence-corrected chi connectivity index (χ3v) is 3.35. The second-order valence-corrected chi connectivity index (χ2v) is 5.60. The Labute approximate surface area is 131 Å². The van der Waals surface area contributed by atoms with Crippen LogP contribution in [0.2, 0.25) is 0 Å². The molecule has 0 saturated carbocycles. The van der Waals surface area contributed by atoms with Crippen molar-refractivity contribution in [2.75, 3.05) is 18.4 Å². The van der Waals surface area contributed by atoms with E-state index in [0.717, 1.165) is 6.42 Å². The highest BCUT2D eigenvalue weighted by atomic mass is 19.1. The molecule has 22 heavy (non-hydrogen) atoms. The lowest BCUT2D eigenvalue weighted by molar-refractivity contribution is -0.118. The Bertz CT molecular complexity index is 474. The number of benzene rings is 1. The molecule has 1 atom stereocenters. The normalized spacial score (nSPS) is 12.5. The Morgan fingerprint density at radius 3 is 2.59 bits per heavy atom. The number of amides is 1. The first-order chi connectivity index (χ1) is 10.4. The van der Waals surface area contributed by atoms with Gasteiger partial charge in [0.15, 0.2) is 0 Å². The minimum Gasteiger partial charge on any atom is -0.392 e. The summed E-state index contributed by atoms with van der Waals surface area (Å²) >= 11 is 0. The van der Waals surface area contributed by atoms with Gasteiger partial charge < -0.3 is 10.4 Å². The number of hydrogen-bond donors (Lipinski definition) is 2. The quantitative estimate of drug-likeness (QED) is 0.690. The van der Waals surface area contributed by atoms with Crippen molar-refractivity contribution in [3.63, 3.8) is 0 Å². The van der Waals surface area contributed by atoms with Crippen LogP contribution in [0.5, 0.6) is 0 Å². The van der Waals surface area contributed by atoms with E-state index in [2.05, 4.69) is 11.9 Å². The van der Waals surface area contributed by atoms with Crippen LogP contribution >= 0.6 is 0 Å². The second kappa shape index (κ2) is 9.33. The molecule has 0 aromatic heterocycles. The lowest BCUT2D eigenvalue weighted by Crippen LogP contribution is -2.42. The number of anilines is 1. The summed E-state index contributed by atoms with van der Waals surface area (Å²) in [5.41, 5.74) is 0.558. The summed E-state index contributed by atoms with van der Waals surface area (Å²) < 4.78 is 12.8. The number of allylic oxidation sites excluding steroid dienone is 1. The van der Waals surface area contributed by atoms with E-state index in [1.807, 2.05) is 18.7 Å². The molecule has 1 aromatic rings.